The average Bonchev–Trinajstić information content (AvgIpc) is 2.75. The zero-order valence-corrected chi connectivity index (χ0v) is 14.7. The van der Waals surface area contributed by atoms with Crippen molar-refractivity contribution in [2.24, 2.45) is 0 Å². The number of H-pyrrole nitrogens is 1. The SMILES string of the molecule is CC(C)(C)OC(=O)NC1CCCc2c1[nH]c1cc(Br)ccc21. The van der Waals surface area contributed by atoms with Crippen LogP contribution in [0.1, 0.15) is 50.9 Å². The van der Waals surface area contributed by atoms with Gasteiger partial charge in [0, 0.05) is 21.1 Å². The van der Waals surface area contributed by atoms with E-state index in [1.807, 2.05) is 20.8 Å². The number of carbonyl (C=O) groups is 1. The number of carbonyl (C=O) groups excluding carboxylic acids is 1. The predicted molar refractivity (Wildman–Crippen MR) is 91.0 cm³/mol. The Morgan fingerprint density at radius 2 is 2.18 bits per heavy atom. The van der Waals surface area contributed by atoms with Crippen molar-refractivity contribution >= 4 is 32.9 Å². The molecule has 2 aromatic rings. The molecule has 22 heavy (non-hydrogen) atoms. The Hall–Kier alpha value is -1.49. The molecule has 2 N–H and O–H groups in total. The van der Waals surface area contributed by atoms with E-state index in [2.05, 4.69) is 44.4 Å². The lowest BCUT2D eigenvalue weighted by Gasteiger charge is -2.26. The molecule has 5 heteroatoms. The van der Waals surface area contributed by atoms with E-state index >= 15 is 0 Å². The van der Waals surface area contributed by atoms with Gasteiger partial charge in [0.1, 0.15) is 5.60 Å². The fourth-order valence-electron chi connectivity index (χ4n) is 3.04. The largest absolute Gasteiger partial charge is 0.444 e. The number of nitrogens with one attached hydrogen (secondary N) is 2. The minimum atomic E-state index is -0.479. The molecule has 118 valence electrons. The summed E-state index contributed by atoms with van der Waals surface area (Å²) in [5.41, 5.74) is 3.06. The Morgan fingerprint density at radius 1 is 1.41 bits per heavy atom. The summed E-state index contributed by atoms with van der Waals surface area (Å²) >= 11 is 3.50. The monoisotopic (exact) mass is 364 g/mol. The van der Waals surface area contributed by atoms with E-state index in [1.165, 1.54) is 10.9 Å². The van der Waals surface area contributed by atoms with Crippen LogP contribution < -0.4 is 5.32 Å². The molecule has 0 aliphatic heterocycles. The normalized spacial score (nSPS) is 18.1. The van der Waals surface area contributed by atoms with Crippen molar-refractivity contribution in [2.75, 3.05) is 0 Å². The van der Waals surface area contributed by atoms with E-state index in [9.17, 15) is 4.79 Å². The number of hydrogen-bond donors (Lipinski definition) is 2. The highest BCUT2D eigenvalue weighted by Gasteiger charge is 2.27. The number of halogens is 1. The lowest BCUT2D eigenvalue weighted by molar-refractivity contribution is 0.0497. The zero-order valence-electron chi connectivity index (χ0n) is 13.1. The highest BCUT2D eigenvalue weighted by atomic mass is 79.9. The predicted octanol–water partition coefficient (Wildman–Crippen LogP) is 4.83. The number of hydrogen-bond acceptors (Lipinski definition) is 2. The van der Waals surface area contributed by atoms with Gasteiger partial charge in [-0.15, -0.1) is 0 Å². The number of rotatable bonds is 1. The molecule has 0 radical (unpaired) electrons. The topological polar surface area (TPSA) is 54.1 Å². The number of amides is 1. The van der Waals surface area contributed by atoms with Crippen molar-refractivity contribution in [1.29, 1.82) is 0 Å². The Kier molecular flexibility index (Phi) is 3.93. The van der Waals surface area contributed by atoms with Crippen LogP contribution in [0, 0.1) is 0 Å². The second-order valence-electron chi connectivity index (χ2n) is 6.80. The van der Waals surface area contributed by atoms with Crippen molar-refractivity contribution in [3.8, 4) is 0 Å². The van der Waals surface area contributed by atoms with Crippen molar-refractivity contribution in [3.63, 3.8) is 0 Å². The quantitative estimate of drug-likeness (QED) is 0.760. The number of aromatic nitrogens is 1. The minimum Gasteiger partial charge on any atom is -0.444 e. The first kappa shape index (κ1) is 15.4. The van der Waals surface area contributed by atoms with Gasteiger partial charge in [-0.3, -0.25) is 0 Å². The number of ether oxygens (including phenoxy) is 1. The van der Waals surface area contributed by atoms with Crippen LogP contribution >= 0.6 is 15.9 Å². The first-order valence-electron chi connectivity index (χ1n) is 7.63. The molecule has 0 fully saturated rings. The van der Waals surface area contributed by atoms with E-state index in [1.54, 1.807) is 0 Å². The maximum absolute atomic E-state index is 12.1. The van der Waals surface area contributed by atoms with Gasteiger partial charge in [-0.05, 0) is 57.7 Å². The molecule has 1 aromatic heterocycles. The average molecular weight is 365 g/mol. The summed E-state index contributed by atoms with van der Waals surface area (Å²) in [6.07, 6.45) is 2.69. The molecule has 0 saturated heterocycles. The van der Waals surface area contributed by atoms with Crippen LogP contribution in [0.15, 0.2) is 22.7 Å². The lowest BCUT2D eigenvalue weighted by atomic mass is 9.92. The zero-order chi connectivity index (χ0) is 15.9. The Bertz CT molecular complexity index is 715. The standard InChI is InChI=1S/C17H21BrN2O2/c1-17(2,3)22-16(21)20-13-6-4-5-12-11-8-7-10(18)9-14(11)19-15(12)13/h7-9,13,19H,4-6H2,1-3H3,(H,20,21). The van der Waals surface area contributed by atoms with Crippen LogP contribution in [0.2, 0.25) is 0 Å². The number of fused-ring (bicyclic) bond motifs is 3. The third kappa shape index (κ3) is 3.14. The van der Waals surface area contributed by atoms with Gasteiger partial charge in [0.05, 0.1) is 6.04 Å². The van der Waals surface area contributed by atoms with Gasteiger partial charge in [-0.2, -0.15) is 0 Å². The highest BCUT2D eigenvalue weighted by Crippen LogP contribution is 2.35. The number of benzene rings is 1. The molecule has 1 unspecified atom stereocenters. The van der Waals surface area contributed by atoms with Gasteiger partial charge in [0.25, 0.3) is 0 Å². The van der Waals surface area contributed by atoms with Crippen molar-refractivity contribution in [1.82, 2.24) is 10.3 Å². The summed E-state index contributed by atoms with van der Waals surface area (Å²) in [6.45, 7) is 5.62. The summed E-state index contributed by atoms with van der Waals surface area (Å²) in [4.78, 5) is 15.5. The molecule has 0 spiro atoms. The Balaban J connectivity index is 1.88. The van der Waals surface area contributed by atoms with Crippen LogP contribution in [0.25, 0.3) is 10.9 Å². The van der Waals surface area contributed by atoms with E-state index in [0.717, 1.165) is 34.9 Å². The molecule has 1 aliphatic rings. The maximum atomic E-state index is 12.1. The van der Waals surface area contributed by atoms with Gasteiger partial charge in [0.15, 0.2) is 0 Å². The van der Waals surface area contributed by atoms with Crippen LogP contribution in [-0.4, -0.2) is 16.7 Å². The van der Waals surface area contributed by atoms with Gasteiger partial charge in [-0.1, -0.05) is 22.0 Å². The number of alkyl carbamates (subject to hydrolysis) is 1. The van der Waals surface area contributed by atoms with Crippen LogP contribution in [0.3, 0.4) is 0 Å². The molecule has 1 amide bonds. The molecular weight excluding hydrogens is 344 g/mol. The molecule has 0 saturated carbocycles. The summed E-state index contributed by atoms with van der Waals surface area (Å²) in [5.74, 6) is 0. The molecule has 4 nitrogen and oxygen atoms in total. The van der Waals surface area contributed by atoms with E-state index in [0.29, 0.717) is 0 Å². The number of aromatic amines is 1. The summed E-state index contributed by atoms with van der Waals surface area (Å²) < 4.78 is 6.43. The fourth-order valence-corrected chi connectivity index (χ4v) is 3.40. The smallest absolute Gasteiger partial charge is 0.408 e. The van der Waals surface area contributed by atoms with Gasteiger partial charge in [0.2, 0.25) is 0 Å². The molecule has 0 bridgehead atoms. The summed E-state index contributed by atoms with van der Waals surface area (Å²) in [5, 5.41) is 4.25. The van der Waals surface area contributed by atoms with Gasteiger partial charge >= 0.3 is 6.09 Å². The molecule has 1 aromatic carbocycles. The Labute approximate surface area is 138 Å². The highest BCUT2D eigenvalue weighted by molar-refractivity contribution is 9.10. The first-order chi connectivity index (χ1) is 10.3. The van der Waals surface area contributed by atoms with Crippen molar-refractivity contribution < 1.29 is 9.53 Å². The summed E-state index contributed by atoms with van der Waals surface area (Å²) in [7, 11) is 0. The van der Waals surface area contributed by atoms with E-state index in [4.69, 9.17) is 4.74 Å². The first-order valence-corrected chi connectivity index (χ1v) is 8.42. The molecule has 1 aliphatic carbocycles. The third-order valence-corrected chi connectivity index (χ3v) is 4.35. The number of aryl methyl sites for hydroxylation is 1. The maximum Gasteiger partial charge on any atom is 0.408 e. The molecule has 3 rings (SSSR count). The Morgan fingerprint density at radius 3 is 2.91 bits per heavy atom. The van der Waals surface area contributed by atoms with Crippen LogP contribution in [0.5, 0.6) is 0 Å². The molecular formula is C17H21BrN2O2. The fraction of sp³-hybridized carbons (Fsp3) is 0.471. The van der Waals surface area contributed by atoms with Crippen LogP contribution in [0.4, 0.5) is 4.79 Å². The van der Waals surface area contributed by atoms with Crippen molar-refractivity contribution in [3.05, 3.63) is 33.9 Å². The lowest BCUT2D eigenvalue weighted by Crippen LogP contribution is -2.36. The van der Waals surface area contributed by atoms with Crippen molar-refractivity contribution in [2.45, 2.75) is 51.7 Å². The second-order valence-corrected chi connectivity index (χ2v) is 7.71. The van der Waals surface area contributed by atoms with Gasteiger partial charge < -0.3 is 15.0 Å². The minimum absolute atomic E-state index is 0.00947. The molecule has 1 heterocycles. The van der Waals surface area contributed by atoms with E-state index in [-0.39, 0.29) is 12.1 Å². The van der Waals surface area contributed by atoms with Crippen LogP contribution in [-0.2, 0) is 11.2 Å². The summed E-state index contributed by atoms with van der Waals surface area (Å²) in [6, 6.07) is 6.26. The van der Waals surface area contributed by atoms with E-state index < -0.39 is 5.60 Å². The third-order valence-electron chi connectivity index (χ3n) is 3.86. The second kappa shape index (κ2) is 5.61. The molecule has 1 atom stereocenters. The van der Waals surface area contributed by atoms with Gasteiger partial charge in [-0.25, -0.2) is 4.79 Å².